The molecule has 1 aliphatic heterocycles. The van der Waals surface area contributed by atoms with E-state index in [0.29, 0.717) is 11.4 Å². The summed E-state index contributed by atoms with van der Waals surface area (Å²) < 4.78 is 5.64. The highest BCUT2D eigenvalue weighted by Gasteiger charge is 2.27. The highest BCUT2D eigenvalue weighted by molar-refractivity contribution is 7.14. The molecule has 0 saturated carbocycles. The topological polar surface area (TPSA) is 58.4 Å². The predicted molar refractivity (Wildman–Crippen MR) is 107 cm³/mol. The van der Waals surface area contributed by atoms with Gasteiger partial charge in [-0.25, -0.2) is 4.98 Å². The van der Waals surface area contributed by atoms with Crippen molar-refractivity contribution in [2.45, 2.75) is 25.8 Å². The number of nitrogens with zero attached hydrogens (tertiary/aromatic N) is 2. The standard InChI is InChI=1S/C21H23N3O2S/c1-15-23-19(16-8-3-2-4-9-16)20(27-15)21(25)22-14-17(18-10-7-13-26-18)24-11-5-6-12-24/h2-4,7-10,13,17H,5-6,11-12,14H2,1H3,(H,22,25). The van der Waals surface area contributed by atoms with Crippen LogP contribution in [-0.2, 0) is 0 Å². The van der Waals surface area contributed by atoms with Crippen LogP contribution in [0.15, 0.2) is 53.1 Å². The number of aromatic nitrogens is 1. The number of amides is 1. The van der Waals surface area contributed by atoms with Gasteiger partial charge >= 0.3 is 0 Å². The zero-order valence-electron chi connectivity index (χ0n) is 15.4. The van der Waals surface area contributed by atoms with Crippen molar-refractivity contribution < 1.29 is 9.21 Å². The molecule has 1 aromatic carbocycles. The highest BCUT2D eigenvalue weighted by Crippen LogP contribution is 2.29. The van der Waals surface area contributed by atoms with Gasteiger partial charge < -0.3 is 9.73 Å². The van der Waals surface area contributed by atoms with Gasteiger partial charge in [-0.1, -0.05) is 30.3 Å². The molecule has 3 heterocycles. The first kappa shape index (κ1) is 17.9. The molecule has 1 saturated heterocycles. The average molecular weight is 382 g/mol. The van der Waals surface area contributed by atoms with E-state index >= 15 is 0 Å². The molecule has 0 bridgehead atoms. The van der Waals surface area contributed by atoms with E-state index in [0.717, 1.165) is 35.1 Å². The zero-order valence-corrected chi connectivity index (χ0v) is 16.2. The van der Waals surface area contributed by atoms with Crippen molar-refractivity contribution in [1.29, 1.82) is 0 Å². The van der Waals surface area contributed by atoms with Crippen LogP contribution in [0.25, 0.3) is 11.3 Å². The Bertz CT molecular complexity index is 884. The number of benzene rings is 1. The van der Waals surface area contributed by atoms with Gasteiger partial charge in [-0.3, -0.25) is 9.69 Å². The van der Waals surface area contributed by atoms with Crippen LogP contribution in [0, 0.1) is 6.92 Å². The van der Waals surface area contributed by atoms with Gasteiger partial charge in [0, 0.05) is 12.1 Å². The van der Waals surface area contributed by atoms with Gasteiger partial charge in [0.15, 0.2) is 0 Å². The predicted octanol–water partition coefficient (Wildman–Crippen LogP) is 4.28. The first-order chi connectivity index (χ1) is 13.2. The van der Waals surface area contributed by atoms with Crippen LogP contribution in [-0.4, -0.2) is 35.4 Å². The van der Waals surface area contributed by atoms with Crippen molar-refractivity contribution in [3.8, 4) is 11.3 Å². The van der Waals surface area contributed by atoms with Crippen molar-refractivity contribution >= 4 is 17.2 Å². The Kier molecular flexibility index (Phi) is 5.36. The molecule has 1 amide bonds. The van der Waals surface area contributed by atoms with E-state index in [1.807, 2.05) is 49.4 Å². The normalized spacial score (nSPS) is 15.7. The fourth-order valence-electron chi connectivity index (χ4n) is 3.59. The van der Waals surface area contributed by atoms with E-state index in [1.165, 1.54) is 24.2 Å². The maximum absolute atomic E-state index is 13.0. The molecule has 6 heteroatoms. The first-order valence-electron chi connectivity index (χ1n) is 9.31. The number of nitrogens with one attached hydrogen (secondary N) is 1. The third-order valence-corrected chi connectivity index (χ3v) is 5.87. The van der Waals surface area contributed by atoms with Crippen molar-refractivity contribution in [1.82, 2.24) is 15.2 Å². The van der Waals surface area contributed by atoms with Crippen LogP contribution in [0.5, 0.6) is 0 Å². The highest BCUT2D eigenvalue weighted by atomic mass is 32.1. The fraction of sp³-hybridized carbons (Fsp3) is 0.333. The molecule has 0 aliphatic carbocycles. The molecule has 2 aromatic heterocycles. The van der Waals surface area contributed by atoms with E-state index in [9.17, 15) is 4.79 Å². The van der Waals surface area contributed by atoms with E-state index in [1.54, 1.807) is 6.26 Å². The van der Waals surface area contributed by atoms with E-state index in [-0.39, 0.29) is 11.9 Å². The van der Waals surface area contributed by atoms with Crippen molar-refractivity contribution in [3.63, 3.8) is 0 Å². The Morgan fingerprint density at radius 3 is 2.70 bits per heavy atom. The van der Waals surface area contributed by atoms with Gasteiger partial charge in [0.2, 0.25) is 0 Å². The quantitative estimate of drug-likeness (QED) is 0.692. The third-order valence-electron chi connectivity index (χ3n) is 4.90. The number of carbonyl (C=O) groups is 1. The zero-order chi connectivity index (χ0) is 18.6. The van der Waals surface area contributed by atoms with Gasteiger partial charge in [0.05, 0.1) is 23.0 Å². The van der Waals surface area contributed by atoms with E-state index in [4.69, 9.17) is 4.42 Å². The Balaban J connectivity index is 1.52. The SMILES string of the molecule is Cc1nc(-c2ccccc2)c(C(=O)NCC(c2ccco2)N2CCCC2)s1. The summed E-state index contributed by atoms with van der Waals surface area (Å²) in [5.41, 5.74) is 1.72. The lowest BCUT2D eigenvalue weighted by atomic mass is 10.1. The number of likely N-dealkylation sites (tertiary alicyclic amines) is 1. The molecule has 4 rings (SSSR count). The minimum atomic E-state index is -0.0739. The molecule has 1 aliphatic rings. The molecule has 1 atom stereocenters. The summed E-state index contributed by atoms with van der Waals surface area (Å²) in [6, 6.07) is 13.8. The molecular formula is C21H23N3O2S. The molecule has 0 spiro atoms. The molecular weight excluding hydrogens is 358 g/mol. The lowest BCUT2D eigenvalue weighted by Gasteiger charge is -2.25. The molecule has 1 unspecified atom stereocenters. The van der Waals surface area contributed by atoms with Crippen LogP contribution in [0.3, 0.4) is 0 Å². The molecule has 0 radical (unpaired) electrons. The van der Waals surface area contributed by atoms with Gasteiger partial charge in [-0.15, -0.1) is 11.3 Å². The molecule has 5 nitrogen and oxygen atoms in total. The van der Waals surface area contributed by atoms with E-state index in [2.05, 4.69) is 15.2 Å². The maximum atomic E-state index is 13.0. The number of thiazole rings is 1. The third kappa shape index (κ3) is 3.96. The van der Waals surface area contributed by atoms with Crippen molar-refractivity contribution in [2.24, 2.45) is 0 Å². The smallest absolute Gasteiger partial charge is 0.263 e. The minimum absolute atomic E-state index is 0.0700. The van der Waals surface area contributed by atoms with Crippen LogP contribution in [0.4, 0.5) is 0 Å². The second-order valence-corrected chi connectivity index (χ2v) is 7.96. The average Bonchev–Trinajstić information content (AvgIpc) is 3.45. The summed E-state index contributed by atoms with van der Waals surface area (Å²) in [7, 11) is 0. The fourth-order valence-corrected chi connectivity index (χ4v) is 4.44. The second kappa shape index (κ2) is 8.06. The summed E-state index contributed by atoms with van der Waals surface area (Å²) in [6.07, 6.45) is 4.08. The van der Waals surface area contributed by atoms with Gasteiger partial charge in [-0.05, 0) is 45.0 Å². The monoisotopic (exact) mass is 381 g/mol. The minimum Gasteiger partial charge on any atom is -0.468 e. The van der Waals surface area contributed by atoms with Crippen LogP contribution in [0.2, 0.25) is 0 Å². The number of carbonyl (C=O) groups excluding carboxylic acids is 1. The number of hydrogen-bond acceptors (Lipinski definition) is 5. The molecule has 1 fully saturated rings. The Morgan fingerprint density at radius 1 is 1.22 bits per heavy atom. The molecule has 3 aromatic rings. The summed E-state index contributed by atoms with van der Waals surface area (Å²) in [6.45, 7) is 4.54. The Labute approximate surface area is 163 Å². The number of rotatable bonds is 6. The lowest BCUT2D eigenvalue weighted by Crippen LogP contribution is -2.36. The van der Waals surface area contributed by atoms with Gasteiger partial charge in [0.1, 0.15) is 10.6 Å². The Morgan fingerprint density at radius 2 is 2.00 bits per heavy atom. The lowest BCUT2D eigenvalue weighted by molar-refractivity contribution is 0.0938. The number of furan rings is 1. The number of hydrogen-bond donors (Lipinski definition) is 1. The van der Waals surface area contributed by atoms with Crippen LogP contribution >= 0.6 is 11.3 Å². The van der Waals surface area contributed by atoms with E-state index < -0.39 is 0 Å². The van der Waals surface area contributed by atoms with Crippen molar-refractivity contribution in [3.05, 3.63) is 64.4 Å². The second-order valence-electron chi connectivity index (χ2n) is 6.76. The van der Waals surface area contributed by atoms with Gasteiger partial charge in [0.25, 0.3) is 5.91 Å². The first-order valence-corrected chi connectivity index (χ1v) is 10.1. The molecule has 27 heavy (non-hydrogen) atoms. The van der Waals surface area contributed by atoms with Crippen LogP contribution in [0.1, 0.15) is 39.3 Å². The largest absolute Gasteiger partial charge is 0.468 e. The summed E-state index contributed by atoms with van der Waals surface area (Å²) >= 11 is 1.44. The summed E-state index contributed by atoms with van der Waals surface area (Å²) in [5.74, 6) is 0.830. The molecule has 140 valence electrons. The molecule has 1 N–H and O–H groups in total. The van der Waals surface area contributed by atoms with Crippen LogP contribution < -0.4 is 5.32 Å². The summed E-state index contributed by atoms with van der Waals surface area (Å²) in [4.78, 5) is 20.6. The van der Waals surface area contributed by atoms with Crippen molar-refractivity contribution in [2.75, 3.05) is 19.6 Å². The van der Waals surface area contributed by atoms with Gasteiger partial charge in [-0.2, -0.15) is 0 Å². The summed E-state index contributed by atoms with van der Waals surface area (Å²) in [5, 5.41) is 4.01. The maximum Gasteiger partial charge on any atom is 0.263 e. The Hall–Kier alpha value is -2.44. The number of aryl methyl sites for hydroxylation is 1.